The molecule has 27 heavy (non-hydrogen) atoms. The Morgan fingerprint density at radius 3 is 2.37 bits per heavy atom. The fraction of sp³-hybridized carbons (Fsp3) is 0.0909. The van der Waals surface area contributed by atoms with Gasteiger partial charge in [0.05, 0.1) is 10.6 Å². The second kappa shape index (κ2) is 8.52. The average molecular weight is 379 g/mol. The summed E-state index contributed by atoms with van der Waals surface area (Å²) in [6.07, 6.45) is 0. The highest BCUT2D eigenvalue weighted by Gasteiger charge is 2.14. The first-order valence-corrected chi connectivity index (χ1v) is 8.88. The molecular formula is C22H19ClN2O2. The Bertz CT molecular complexity index is 957. The number of rotatable bonds is 5. The monoisotopic (exact) mass is 378 g/mol. The number of halogens is 1. The highest BCUT2D eigenvalue weighted by molar-refractivity contribution is 6.34. The molecule has 0 atom stereocenters. The maximum atomic E-state index is 12.7. The third-order valence-electron chi connectivity index (χ3n) is 4.10. The third kappa shape index (κ3) is 4.74. The molecule has 0 aliphatic carbocycles. The molecule has 0 aliphatic heterocycles. The molecule has 0 spiro atoms. The van der Waals surface area contributed by atoms with E-state index in [2.05, 4.69) is 5.32 Å². The lowest BCUT2D eigenvalue weighted by atomic mass is 10.1. The van der Waals surface area contributed by atoms with Crippen LogP contribution in [0.2, 0.25) is 5.02 Å². The van der Waals surface area contributed by atoms with Crippen molar-refractivity contribution in [3.63, 3.8) is 0 Å². The predicted molar refractivity (Wildman–Crippen MR) is 108 cm³/mol. The van der Waals surface area contributed by atoms with E-state index in [9.17, 15) is 9.59 Å². The molecule has 1 N–H and O–H groups in total. The van der Waals surface area contributed by atoms with Crippen LogP contribution < -0.4 is 5.32 Å². The summed E-state index contributed by atoms with van der Waals surface area (Å²) >= 11 is 6.06. The molecule has 3 aromatic carbocycles. The first-order chi connectivity index (χ1) is 13.0. The van der Waals surface area contributed by atoms with Crippen molar-refractivity contribution in [3.05, 3.63) is 101 Å². The smallest absolute Gasteiger partial charge is 0.257 e. The van der Waals surface area contributed by atoms with Gasteiger partial charge in [-0.1, -0.05) is 60.1 Å². The summed E-state index contributed by atoms with van der Waals surface area (Å²) in [4.78, 5) is 26.7. The lowest BCUT2D eigenvalue weighted by Gasteiger charge is -2.18. The van der Waals surface area contributed by atoms with Gasteiger partial charge < -0.3 is 10.2 Å². The molecule has 0 radical (unpaired) electrons. The zero-order valence-corrected chi connectivity index (χ0v) is 15.6. The minimum Gasteiger partial charge on any atom is -0.337 e. The molecule has 0 aliphatic rings. The van der Waals surface area contributed by atoms with Gasteiger partial charge in [-0.2, -0.15) is 0 Å². The number of hydrogen-bond donors (Lipinski definition) is 1. The third-order valence-corrected chi connectivity index (χ3v) is 4.42. The Labute approximate surface area is 163 Å². The second-order valence-corrected chi connectivity index (χ2v) is 6.57. The normalized spacial score (nSPS) is 10.3. The topological polar surface area (TPSA) is 49.4 Å². The Kier molecular flexibility index (Phi) is 5.89. The van der Waals surface area contributed by atoms with Gasteiger partial charge in [0.2, 0.25) is 0 Å². The maximum Gasteiger partial charge on any atom is 0.257 e. The predicted octanol–water partition coefficient (Wildman–Crippen LogP) is 4.86. The summed E-state index contributed by atoms with van der Waals surface area (Å²) < 4.78 is 0. The summed E-state index contributed by atoms with van der Waals surface area (Å²) in [6.45, 7) is 0.510. The molecule has 0 bridgehead atoms. The zero-order valence-electron chi connectivity index (χ0n) is 14.9. The van der Waals surface area contributed by atoms with Crippen LogP contribution in [0.4, 0.5) is 5.69 Å². The van der Waals surface area contributed by atoms with Crippen molar-refractivity contribution in [2.45, 2.75) is 6.54 Å². The van der Waals surface area contributed by atoms with E-state index >= 15 is 0 Å². The summed E-state index contributed by atoms with van der Waals surface area (Å²) in [5.74, 6) is -0.435. The number of nitrogens with zero attached hydrogens (tertiary/aromatic N) is 1. The number of carbonyl (C=O) groups is 2. The Morgan fingerprint density at radius 1 is 0.926 bits per heavy atom. The van der Waals surface area contributed by atoms with E-state index in [1.807, 2.05) is 30.3 Å². The fourth-order valence-electron chi connectivity index (χ4n) is 2.72. The standard InChI is InChI=1S/C22H19ClN2O2/c1-25(15-16-8-3-2-4-9-16)22(27)17-10-7-11-18(14-17)24-21(26)19-12-5-6-13-20(19)23/h2-14H,15H2,1H3,(H,24,26). The average Bonchev–Trinajstić information content (AvgIpc) is 2.68. The number of nitrogens with one attached hydrogen (secondary N) is 1. The van der Waals surface area contributed by atoms with Gasteiger partial charge in [0.25, 0.3) is 11.8 Å². The molecule has 5 heteroatoms. The van der Waals surface area contributed by atoms with Crippen LogP contribution in [0.15, 0.2) is 78.9 Å². The molecule has 4 nitrogen and oxygen atoms in total. The molecule has 0 saturated carbocycles. The number of carbonyl (C=O) groups excluding carboxylic acids is 2. The lowest BCUT2D eigenvalue weighted by Crippen LogP contribution is -2.26. The highest BCUT2D eigenvalue weighted by Crippen LogP contribution is 2.18. The van der Waals surface area contributed by atoms with Crippen LogP contribution in [-0.2, 0) is 6.54 Å². The van der Waals surface area contributed by atoms with Crippen LogP contribution in [0.3, 0.4) is 0 Å². The molecule has 0 heterocycles. The van der Waals surface area contributed by atoms with Crippen molar-refractivity contribution >= 4 is 29.1 Å². The van der Waals surface area contributed by atoms with Crippen molar-refractivity contribution < 1.29 is 9.59 Å². The summed E-state index contributed by atoms with van der Waals surface area (Å²) in [5, 5.41) is 3.17. The van der Waals surface area contributed by atoms with Crippen LogP contribution >= 0.6 is 11.6 Å². The van der Waals surface area contributed by atoms with E-state index in [-0.39, 0.29) is 11.8 Å². The zero-order chi connectivity index (χ0) is 19.2. The Hall–Kier alpha value is -3.11. The highest BCUT2D eigenvalue weighted by atomic mass is 35.5. The van der Waals surface area contributed by atoms with Crippen LogP contribution in [0.25, 0.3) is 0 Å². The number of hydrogen-bond acceptors (Lipinski definition) is 2. The maximum absolute atomic E-state index is 12.7. The Balaban J connectivity index is 1.72. The fourth-order valence-corrected chi connectivity index (χ4v) is 2.94. The second-order valence-electron chi connectivity index (χ2n) is 6.16. The Morgan fingerprint density at radius 2 is 1.63 bits per heavy atom. The molecular weight excluding hydrogens is 360 g/mol. The molecule has 136 valence electrons. The van der Waals surface area contributed by atoms with Gasteiger partial charge in [-0.25, -0.2) is 0 Å². The van der Waals surface area contributed by atoms with E-state index < -0.39 is 0 Å². The first kappa shape index (κ1) is 18.7. The molecule has 3 aromatic rings. The number of benzene rings is 3. The summed E-state index contributed by atoms with van der Waals surface area (Å²) in [5.41, 5.74) is 2.48. The van der Waals surface area contributed by atoms with Gasteiger partial charge in [-0.3, -0.25) is 9.59 Å². The lowest BCUT2D eigenvalue weighted by molar-refractivity contribution is 0.0784. The van der Waals surface area contributed by atoms with Gasteiger partial charge >= 0.3 is 0 Å². The van der Waals surface area contributed by atoms with Crippen LogP contribution in [0.1, 0.15) is 26.3 Å². The molecule has 0 fully saturated rings. The van der Waals surface area contributed by atoms with E-state index in [0.29, 0.717) is 28.4 Å². The largest absolute Gasteiger partial charge is 0.337 e. The van der Waals surface area contributed by atoms with Crippen LogP contribution in [-0.4, -0.2) is 23.8 Å². The van der Waals surface area contributed by atoms with Gasteiger partial charge in [0.1, 0.15) is 0 Å². The number of amides is 2. The minimum atomic E-state index is -0.317. The van der Waals surface area contributed by atoms with Gasteiger partial charge in [0, 0.05) is 24.8 Å². The molecule has 0 unspecified atom stereocenters. The summed E-state index contributed by atoms with van der Waals surface area (Å²) in [6, 6.07) is 23.5. The summed E-state index contributed by atoms with van der Waals surface area (Å²) in [7, 11) is 1.75. The molecule has 0 aromatic heterocycles. The van der Waals surface area contributed by atoms with Gasteiger partial charge in [-0.05, 0) is 35.9 Å². The number of anilines is 1. The first-order valence-electron chi connectivity index (χ1n) is 8.50. The molecule has 2 amide bonds. The van der Waals surface area contributed by atoms with E-state index in [4.69, 9.17) is 11.6 Å². The van der Waals surface area contributed by atoms with E-state index in [1.165, 1.54) is 0 Å². The van der Waals surface area contributed by atoms with Crippen molar-refractivity contribution in [2.75, 3.05) is 12.4 Å². The van der Waals surface area contributed by atoms with Crippen molar-refractivity contribution in [1.29, 1.82) is 0 Å². The van der Waals surface area contributed by atoms with E-state index in [1.54, 1.807) is 60.5 Å². The molecule has 0 saturated heterocycles. The van der Waals surface area contributed by atoms with Crippen molar-refractivity contribution in [3.8, 4) is 0 Å². The SMILES string of the molecule is CN(Cc1ccccc1)C(=O)c1cccc(NC(=O)c2ccccc2Cl)c1. The van der Waals surface area contributed by atoms with Crippen LogP contribution in [0.5, 0.6) is 0 Å². The van der Waals surface area contributed by atoms with Gasteiger partial charge in [0.15, 0.2) is 0 Å². The van der Waals surface area contributed by atoms with Crippen molar-refractivity contribution in [2.24, 2.45) is 0 Å². The van der Waals surface area contributed by atoms with Gasteiger partial charge in [-0.15, -0.1) is 0 Å². The van der Waals surface area contributed by atoms with E-state index in [0.717, 1.165) is 5.56 Å². The minimum absolute atomic E-state index is 0.118. The van der Waals surface area contributed by atoms with Crippen molar-refractivity contribution in [1.82, 2.24) is 4.90 Å². The molecule has 3 rings (SSSR count). The van der Waals surface area contributed by atoms with Crippen LogP contribution in [0, 0.1) is 0 Å². The quantitative estimate of drug-likeness (QED) is 0.688.